The number of carbonyl (C=O) groups is 1. The fraction of sp³-hybridized carbons (Fsp3) is 0.611. The molecule has 1 aromatic rings. The van der Waals surface area contributed by atoms with Crippen molar-refractivity contribution in [2.75, 3.05) is 31.6 Å². The molecule has 2 aliphatic rings. The minimum absolute atomic E-state index is 0.187. The Balaban J connectivity index is 1.64. The van der Waals surface area contributed by atoms with E-state index in [0.717, 1.165) is 25.7 Å². The highest BCUT2D eigenvalue weighted by Gasteiger charge is 2.26. The third-order valence-electron chi connectivity index (χ3n) is 4.89. The second-order valence-electron chi connectivity index (χ2n) is 6.83. The van der Waals surface area contributed by atoms with E-state index in [1.165, 1.54) is 23.2 Å². The summed E-state index contributed by atoms with van der Waals surface area (Å²) in [5.74, 6) is 0. The van der Waals surface area contributed by atoms with Gasteiger partial charge in [0.15, 0.2) is 0 Å². The van der Waals surface area contributed by atoms with E-state index in [9.17, 15) is 13.2 Å². The van der Waals surface area contributed by atoms with Crippen LogP contribution in [0.4, 0.5) is 10.5 Å². The fourth-order valence-corrected chi connectivity index (χ4v) is 4.90. The van der Waals surface area contributed by atoms with E-state index in [4.69, 9.17) is 4.74 Å². The van der Waals surface area contributed by atoms with Crippen molar-refractivity contribution in [2.45, 2.75) is 49.5 Å². The normalized spacial score (nSPS) is 20.3. The molecule has 1 aromatic carbocycles. The monoisotopic (exact) mass is 381 g/mol. The largest absolute Gasteiger partial charge is 0.379 e. The lowest BCUT2D eigenvalue weighted by molar-refractivity contribution is 0.0730. The Labute approximate surface area is 155 Å². The molecule has 7 nitrogen and oxygen atoms in total. The highest BCUT2D eigenvalue weighted by atomic mass is 32.2. The molecule has 2 fully saturated rings. The van der Waals surface area contributed by atoms with Crippen molar-refractivity contribution in [2.24, 2.45) is 0 Å². The highest BCUT2D eigenvalue weighted by Crippen LogP contribution is 2.21. The predicted molar refractivity (Wildman–Crippen MR) is 99.7 cm³/mol. The van der Waals surface area contributed by atoms with Gasteiger partial charge in [-0.2, -0.15) is 4.31 Å². The summed E-state index contributed by atoms with van der Waals surface area (Å²) in [5.41, 5.74) is 0.477. The van der Waals surface area contributed by atoms with Gasteiger partial charge in [-0.1, -0.05) is 31.7 Å². The van der Waals surface area contributed by atoms with E-state index < -0.39 is 10.0 Å². The molecule has 26 heavy (non-hydrogen) atoms. The number of hydrogen-bond donors (Lipinski definition) is 2. The Kier molecular flexibility index (Phi) is 6.50. The number of carbonyl (C=O) groups excluding carboxylic acids is 1. The highest BCUT2D eigenvalue weighted by molar-refractivity contribution is 7.89. The molecule has 1 aliphatic carbocycles. The van der Waals surface area contributed by atoms with Gasteiger partial charge in [0, 0.05) is 24.8 Å². The van der Waals surface area contributed by atoms with Crippen molar-refractivity contribution in [1.82, 2.24) is 9.62 Å². The molecule has 1 heterocycles. The van der Waals surface area contributed by atoms with E-state index in [0.29, 0.717) is 32.0 Å². The Morgan fingerprint density at radius 1 is 1.08 bits per heavy atom. The molecule has 0 radical (unpaired) electrons. The van der Waals surface area contributed by atoms with Crippen LogP contribution >= 0.6 is 0 Å². The second kappa shape index (κ2) is 8.83. The lowest BCUT2D eigenvalue weighted by atomic mass is 10.1. The molecule has 3 rings (SSSR count). The summed E-state index contributed by atoms with van der Waals surface area (Å²) in [6.45, 7) is 1.51. The first-order valence-electron chi connectivity index (χ1n) is 9.31. The van der Waals surface area contributed by atoms with Crippen LogP contribution in [-0.2, 0) is 14.8 Å². The van der Waals surface area contributed by atoms with Crippen molar-refractivity contribution in [3.05, 3.63) is 24.3 Å². The topological polar surface area (TPSA) is 87.7 Å². The van der Waals surface area contributed by atoms with Crippen molar-refractivity contribution in [3.8, 4) is 0 Å². The maximum atomic E-state index is 12.7. The zero-order valence-electron chi connectivity index (χ0n) is 14.9. The van der Waals surface area contributed by atoms with Gasteiger partial charge in [0.25, 0.3) is 0 Å². The molecule has 1 saturated carbocycles. The first-order chi connectivity index (χ1) is 12.6. The van der Waals surface area contributed by atoms with Gasteiger partial charge in [-0.25, -0.2) is 13.2 Å². The van der Waals surface area contributed by atoms with Crippen LogP contribution in [-0.4, -0.2) is 51.1 Å². The number of urea groups is 1. The lowest BCUT2D eigenvalue weighted by Gasteiger charge is -2.26. The smallest absolute Gasteiger partial charge is 0.319 e. The number of ether oxygens (including phenoxy) is 1. The number of anilines is 1. The molecule has 1 saturated heterocycles. The van der Waals surface area contributed by atoms with Crippen molar-refractivity contribution in [1.29, 1.82) is 0 Å². The molecule has 0 atom stereocenters. The van der Waals surface area contributed by atoms with Crippen LogP contribution in [0.1, 0.15) is 38.5 Å². The minimum Gasteiger partial charge on any atom is -0.379 e. The number of sulfonamides is 1. The first kappa shape index (κ1) is 19.1. The van der Waals surface area contributed by atoms with Crippen molar-refractivity contribution >= 4 is 21.7 Å². The summed E-state index contributed by atoms with van der Waals surface area (Å²) in [5, 5.41) is 5.77. The van der Waals surface area contributed by atoms with Crippen LogP contribution in [0.25, 0.3) is 0 Å². The number of rotatable bonds is 4. The summed E-state index contributed by atoms with van der Waals surface area (Å²) in [6.07, 6.45) is 6.72. The SMILES string of the molecule is O=C(Nc1cccc(S(=O)(=O)N2CCOCC2)c1)NC1CCCCCC1. The summed E-state index contributed by atoms with van der Waals surface area (Å²) >= 11 is 0. The summed E-state index contributed by atoms with van der Waals surface area (Å²) in [7, 11) is -3.57. The van der Waals surface area contributed by atoms with E-state index in [-0.39, 0.29) is 17.0 Å². The van der Waals surface area contributed by atoms with Gasteiger partial charge in [0.2, 0.25) is 10.0 Å². The van der Waals surface area contributed by atoms with Gasteiger partial charge in [-0.3, -0.25) is 0 Å². The molecule has 0 unspecified atom stereocenters. The Bertz CT molecular complexity index is 709. The minimum atomic E-state index is -3.57. The molecule has 0 aromatic heterocycles. The summed E-state index contributed by atoms with van der Waals surface area (Å²) in [4.78, 5) is 12.4. The molecule has 144 valence electrons. The summed E-state index contributed by atoms with van der Waals surface area (Å²) in [6, 6.07) is 6.33. The molecule has 1 aliphatic heterocycles. The van der Waals surface area contributed by atoms with E-state index in [2.05, 4.69) is 10.6 Å². The van der Waals surface area contributed by atoms with Crippen LogP contribution in [0.5, 0.6) is 0 Å². The van der Waals surface area contributed by atoms with Crippen LogP contribution in [0.15, 0.2) is 29.2 Å². The maximum Gasteiger partial charge on any atom is 0.319 e. The number of benzene rings is 1. The average Bonchev–Trinajstić information content (AvgIpc) is 2.91. The number of hydrogen-bond acceptors (Lipinski definition) is 4. The average molecular weight is 381 g/mol. The third-order valence-corrected chi connectivity index (χ3v) is 6.78. The van der Waals surface area contributed by atoms with Gasteiger partial charge < -0.3 is 15.4 Å². The van der Waals surface area contributed by atoms with Crippen LogP contribution < -0.4 is 10.6 Å². The molecular formula is C18H27N3O4S. The van der Waals surface area contributed by atoms with Crippen LogP contribution in [0, 0.1) is 0 Å². The fourth-order valence-electron chi connectivity index (χ4n) is 3.45. The first-order valence-corrected chi connectivity index (χ1v) is 10.8. The molecule has 8 heteroatoms. The maximum absolute atomic E-state index is 12.7. The van der Waals surface area contributed by atoms with Gasteiger partial charge in [-0.05, 0) is 31.0 Å². The van der Waals surface area contributed by atoms with Gasteiger partial charge >= 0.3 is 6.03 Å². The van der Waals surface area contributed by atoms with Crippen LogP contribution in [0.3, 0.4) is 0 Å². The van der Waals surface area contributed by atoms with E-state index in [1.807, 2.05) is 0 Å². The van der Waals surface area contributed by atoms with Gasteiger partial charge in [0.05, 0.1) is 18.1 Å². The third kappa shape index (κ3) is 4.96. The molecule has 0 spiro atoms. The quantitative estimate of drug-likeness (QED) is 0.785. The summed E-state index contributed by atoms with van der Waals surface area (Å²) < 4.78 is 32.1. The molecule has 0 bridgehead atoms. The molecule has 2 amide bonds. The standard InChI is InChI=1S/C18H27N3O4S/c22-18(19-15-6-3-1-2-4-7-15)20-16-8-5-9-17(14-16)26(23,24)21-10-12-25-13-11-21/h5,8-9,14-15H,1-4,6-7,10-13H2,(H2,19,20,22). The number of nitrogens with zero attached hydrogens (tertiary/aromatic N) is 1. The van der Waals surface area contributed by atoms with Crippen molar-refractivity contribution in [3.63, 3.8) is 0 Å². The molecule has 2 N–H and O–H groups in total. The number of morpholine rings is 1. The Morgan fingerprint density at radius 3 is 2.46 bits per heavy atom. The van der Waals surface area contributed by atoms with Crippen LogP contribution in [0.2, 0.25) is 0 Å². The lowest BCUT2D eigenvalue weighted by Crippen LogP contribution is -2.40. The Hall–Kier alpha value is -1.64. The molecular weight excluding hydrogens is 354 g/mol. The van der Waals surface area contributed by atoms with E-state index >= 15 is 0 Å². The van der Waals surface area contributed by atoms with Crippen molar-refractivity contribution < 1.29 is 17.9 Å². The van der Waals surface area contributed by atoms with Gasteiger partial charge in [0.1, 0.15) is 0 Å². The second-order valence-corrected chi connectivity index (χ2v) is 8.77. The Morgan fingerprint density at radius 2 is 1.77 bits per heavy atom. The predicted octanol–water partition coefficient (Wildman–Crippen LogP) is 2.55. The number of amides is 2. The van der Waals surface area contributed by atoms with Gasteiger partial charge in [-0.15, -0.1) is 0 Å². The van der Waals surface area contributed by atoms with E-state index in [1.54, 1.807) is 18.2 Å². The number of nitrogens with one attached hydrogen (secondary N) is 2. The zero-order chi connectivity index (χ0) is 18.4. The zero-order valence-corrected chi connectivity index (χ0v) is 15.8.